The molecule has 0 aliphatic carbocycles. The molecule has 0 N–H and O–H groups in total. The van der Waals surface area contributed by atoms with Crippen molar-refractivity contribution in [3.05, 3.63) is 99.5 Å². The van der Waals surface area contributed by atoms with Crippen molar-refractivity contribution < 1.29 is 13.9 Å². The van der Waals surface area contributed by atoms with Crippen molar-refractivity contribution in [1.82, 2.24) is 4.57 Å². The quantitative estimate of drug-likeness (QED) is 0.314. The van der Waals surface area contributed by atoms with E-state index in [4.69, 9.17) is 32.4 Å². The number of esters is 1. The first-order valence-corrected chi connectivity index (χ1v) is 13.1. The van der Waals surface area contributed by atoms with Crippen LogP contribution < -0.4 is 14.9 Å². The second-order valence-corrected chi connectivity index (χ2v) is 10.5. The van der Waals surface area contributed by atoms with E-state index in [1.165, 1.54) is 22.7 Å². The van der Waals surface area contributed by atoms with Crippen molar-refractivity contribution in [3.63, 3.8) is 0 Å². The fourth-order valence-electron chi connectivity index (χ4n) is 3.87. The predicted molar refractivity (Wildman–Crippen MR) is 139 cm³/mol. The number of nitrogens with zero attached hydrogens (tertiary/aromatic N) is 2. The Balaban J connectivity index is 1.61. The molecule has 0 bridgehead atoms. The van der Waals surface area contributed by atoms with Crippen LogP contribution in [0, 0.1) is 0 Å². The van der Waals surface area contributed by atoms with Gasteiger partial charge in [0.15, 0.2) is 4.80 Å². The van der Waals surface area contributed by atoms with Gasteiger partial charge in [-0.3, -0.25) is 9.36 Å². The molecule has 178 valence electrons. The van der Waals surface area contributed by atoms with Crippen LogP contribution in [0.3, 0.4) is 0 Å². The third-order valence-electron chi connectivity index (χ3n) is 5.43. The number of fused-ring (bicyclic) bond motifs is 1. The van der Waals surface area contributed by atoms with Crippen molar-refractivity contribution in [2.45, 2.75) is 19.9 Å². The zero-order valence-electron chi connectivity index (χ0n) is 18.6. The minimum absolute atomic E-state index is 0.233. The average molecular weight is 545 g/mol. The highest BCUT2D eigenvalue weighted by Crippen LogP contribution is 2.33. The third kappa shape index (κ3) is 4.43. The smallest absolute Gasteiger partial charge is 0.338 e. The van der Waals surface area contributed by atoms with Crippen LogP contribution in [0.5, 0.6) is 0 Å². The summed E-state index contributed by atoms with van der Waals surface area (Å²) < 4.78 is 13.3. The zero-order chi connectivity index (χ0) is 24.7. The van der Waals surface area contributed by atoms with E-state index in [1.54, 1.807) is 48.8 Å². The highest BCUT2D eigenvalue weighted by molar-refractivity contribution is 7.10. The van der Waals surface area contributed by atoms with Crippen LogP contribution in [0.15, 0.2) is 73.3 Å². The second-order valence-electron chi connectivity index (χ2n) is 7.65. The topological polar surface area (TPSA) is 73.8 Å². The molecule has 0 fully saturated rings. The first kappa shape index (κ1) is 23.8. The van der Waals surface area contributed by atoms with Crippen LogP contribution in [0.25, 0.3) is 17.4 Å². The van der Waals surface area contributed by atoms with Crippen molar-refractivity contribution in [3.8, 4) is 11.3 Å². The molecule has 0 saturated carbocycles. The van der Waals surface area contributed by atoms with E-state index < -0.39 is 12.0 Å². The SMILES string of the molecule is CCOC(=O)C1=C(C)N=c2s/c(=C\c3ccc(-c4ccc(Cl)c(Cl)c4)o3)c(=O)n2[C@H]1c1cccs1. The molecule has 35 heavy (non-hydrogen) atoms. The summed E-state index contributed by atoms with van der Waals surface area (Å²) in [6.07, 6.45) is 1.68. The molecule has 0 unspecified atom stereocenters. The van der Waals surface area contributed by atoms with Crippen molar-refractivity contribution in [1.29, 1.82) is 0 Å². The van der Waals surface area contributed by atoms with Gasteiger partial charge < -0.3 is 9.15 Å². The molecule has 0 radical (unpaired) electrons. The average Bonchev–Trinajstić information content (AvgIpc) is 3.57. The maximum atomic E-state index is 13.6. The number of rotatable bonds is 5. The van der Waals surface area contributed by atoms with E-state index in [0.29, 0.717) is 42.2 Å². The van der Waals surface area contributed by atoms with Gasteiger partial charge in [-0.25, -0.2) is 9.79 Å². The van der Waals surface area contributed by atoms with Gasteiger partial charge in [-0.05, 0) is 55.6 Å². The third-order valence-corrected chi connectivity index (χ3v) is 8.08. The lowest BCUT2D eigenvalue weighted by Gasteiger charge is -2.23. The minimum atomic E-state index is -0.601. The molecule has 1 aliphatic heterocycles. The number of thiazole rings is 1. The fourth-order valence-corrected chi connectivity index (χ4v) is 6.02. The molecule has 4 aromatic rings. The summed E-state index contributed by atoms with van der Waals surface area (Å²) in [4.78, 5) is 32.3. The van der Waals surface area contributed by atoms with Gasteiger partial charge in [-0.2, -0.15) is 0 Å². The minimum Gasteiger partial charge on any atom is -0.463 e. The summed E-state index contributed by atoms with van der Waals surface area (Å²) >= 11 is 14.9. The highest BCUT2D eigenvalue weighted by Gasteiger charge is 2.33. The summed E-state index contributed by atoms with van der Waals surface area (Å²) in [5.74, 6) is 0.628. The van der Waals surface area contributed by atoms with Gasteiger partial charge in [0.05, 0.1) is 32.5 Å². The van der Waals surface area contributed by atoms with Gasteiger partial charge in [0.2, 0.25) is 0 Å². The van der Waals surface area contributed by atoms with Gasteiger partial charge in [0, 0.05) is 16.5 Å². The summed E-state index contributed by atoms with van der Waals surface area (Å²) in [5.41, 5.74) is 1.42. The van der Waals surface area contributed by atoms with E-state index >= 15 is 0 Å². The highest BCUT2D eigenvalue weighted by atomic mass is 35.5. The molecule has 1 aliphatic rings. The Morgan fingerprint density at radius 2 is 2.06 bits per heavy atom. The Labute approximate surface area is 218 Å². The van der Waals surface area contributed by atoms with Crippen LogP contribution >= 0.6 is 45.9 Å². The molecule has 6 nitrogen and oxygen atoms in total. The van der Waals surface area contributed by atoms with E-state index in [0.717, 1.165) is 10.4 Å². The lowest BCUT2D eigenvalue weighted by Crippen LogP contribution is -2.39. The molecule has 4 heterocycles. The molecule has 1 atom stereocenters. The van der Waals surface area contributed by atoms with E-state index in [-0.39, 0.29) is 12.2 Å². The number of ether oxygens (including phenoxy) is 1. The molecule has 10 heteroatoms. The summed E-state index contributed by atoms with van der Waals surface area (Å²) in [6.45, 7) is 3.75. The Bertz CT molecular complexity index is 1640. The number of thiophene rings is 1. The number of allylic oxidation sites excluding steroid dienone is 1. The van der Waals surface area contributed by atoms with Gasteiger partial charge >= 0.3 is 5.97 Å². The maximum Gasteiger partial charge on any atom is 0.338 e. The number of carbonyl (C=O) groups is 1. The molecule has 0 spiro atoms. The standard InChI is InChI=1S/C25H18Cl2N2O4S2/c1-3-32-24(31)21-13(2)28-25-29(22(21)19-5-4-10-34-19)23(30)20(35-25)12-15-7-9-18(33-15)14-6-8-16(26)17(27)11-14/h4-12,22H,3H2,1-2H3/b20-12-/t22-/m0/s1. The summed E-state index contributed by atoms with van der Waals surface area (Å²) in [5, 5.41) is 2.80. The van der Waals surface area contributed by atoms with E-state index in [1.807, 2.05) is 23.6 Å². The molecule has 0 amide bonds. The van der Waals surface area contributed by atoms with Crippen LogP contribution in [-0.4, -0.2) is 17.1 Å². The summed E-state index contributed by atoms with van der Waals surface area (Å²) in [6, 6.07) is 12.0. The number of hydrogen-bond donors (Lipinski definition) is 0. The van der Waals surface area contributed by atoms with E-state index in [9.17, 15) is 9.59 Å². The Hall–Kier alpha value is -2.91. The van der Waals surface area contributed by atoms with Crippen LogP contribution in [0.4, 0.5) is 0 Å². The monoisotopic (exact) mass is 544 g/mol. The molecule has 3 aromatic heterocycles. The molecule has 0 saturated heterocycles. The first-order chi connectivity index (χ1) is 16.9. The van der Waals surface area contributed by atoms with Gasteiger partial charge in [0.25, 0.3) is 5.56 Å². The van der Waals surface area contributed by atoms with Crippen molar-refractivity contribution in [2.75, 3.05) is 6.61 Å². The lowest BCUT2D eigenvalue weighted by atomic mass is 10.0. The Kier molecular flexibility index (Phi) is 6.55. The largest absolute Gasteiger partial charge is 0.463 e. The van der Waals surface area contributed by atoms with Crippen molar-refractivity contribution >= 4 is 57.9 Å². The van der Waals surface area contributed by atoms with Crippen LogP contribution in [0.1, 0.15) is 30.5 Å². The predicted octanol–water partition coefficient (Wildman–Crippen LogP) is 5.43. The fraction of sp³-hybridized carbons (Fsp3) is 0.160. The Morgan fingerprint density at radius 3 is 2.77 bits per heavy atom. The Morgan fingerprint density at radius 1 is 1.23 bits per heavy atom. The van der Waals surface area contributed by atoms with Crippen LogP contribution in [0.2, 0.25) is 10.0 Å². The molecular weight excluding hydrogens is 527 g/mol. The second kappa shape index (κ2) is 9.62. The normalized spacial score (nSPS) is 15.8. The molecule has 5 rings (SSSR count). The number of carbonyl (C=O) groups excluding carboxylic acids is 1. The lowest BCUT2D eigenvalue weighted by molar-refractivity contribution is -0.139. The van der Waals surface area contributed by atoms with Gasteiger partial charge in [0.1, 0.15) is 17.6 Å². The number of halogens is 2. The zero-order valence-corrected chi connectivity index (χ0v) is 21.7. The molecular formula is C25H18Cl2N2O4S2. The van der Waals surface area contributed by atoms with Crippen LogP contribution in [-0.2, 0) is 9.53 Å². The summed E-state index contributed by atoms with van der Waals surface area (Å²) in [7, 11) is 0. The molecule has 1 aromatic carbocycles. The van der Waals surface area contributed by atoms with E-state index in [2.05, 4.69) is 4.99 Å². The first-order valence-electron chi connectivity index (χ1n) is 10.7. The van der Waals surface area contributed by atoms with Crippen molar-refractivity contribution in [2.24, 2.45) is 4.99 Å². The maximum absolute atomic E-state index is 13.6. The number of benzene rings is 1. The number of aromatic nitrogens is 1. The van der Waals surface area contributed by atoms with Gasteiger partial charge in [-0.15, -0.1) is 11.3 Å². The number of furan rings is 1. The number of hydrogen-bond acceptors (Lipinski definition) is 7. The van der Waals surface area contributed by atoms with Gasteiger partial charge in [-0.1, -0.05) is 40.6 Å².